The standard InChI is InChI=1S/C19H23N7O3/c1-19(3-4-19)23-18(27)29-12-5-15(28-10-12)13-6-17(25-24-13)22-16-7-14-11(8-20-16)9-21-26(14)2/h6-9,12,15H,3-5,10H2,1-2H3,(H,23,27)(H2,20,22,24,25). The van der Waals surface area contributed by atoms with Crippen LogP contribution in [0.15, 0.2) is 24.5 Å². The van der Waals surface area contributed by atoms with Gasteiger partial charge in [-0.1, -0.05) is 0 Å². The van der Waals surface area contributed by atoms with E-state index in [2.05, 4.69) is 30.9 Å². The summed E-state index contributed by atoms with van der Waals surface area (Å²) in [5.41, 5.74) is 1.72. The summed E-state index contributed by atoms with van der Waals surface area (Å²) in [6.07, 6.45) is 5.30. The number of ether oxygens (including phenoxy) is 2. The van der Waals surface area contributed by atoms with E-state index in [1.165, 1.54) is 0 Å². The van der Waals surface area contributed by atoms with E-state index in [1.54, 1.807) is 17.1 Å². The Hall–Kier alpha value is -3.14. The molecule has 3 N–H and O–H groups in total. The molecule has 1 aliphatic heterocycles. The molecule has 4 heterocycles. The predicted octanol–water partition coefficient (Wildman–Crippen LogP) is 2.54. The van der Waals surface area contributed by atoms with E-state index in [4.69, 9.17) is 9.47 Å². The van der Waals surface area contributed by atoms with E-state index >= 15 is 0 Å². The van der Waals surface area contributed by atoms with Crippen LogP contribution in [0.1, 0.15) is 38.0 Å². The summed E-state index contributed by atoms with van der Waals surface area (Å²) in [4.78, 5) is 16.4. The van der Waals surface area contributed by atoms with Crippen molar-refractivity contribution in [1.82, 2.24) is 30.3 Å². The van der Waals surface area contributed by atoms with Crippen molar-refractivity contribution in [2.24, 2.45) is 7.05 Å². The quantitative estimate of drug-likeness (QED) is 0.605. The van der Waals surface area contributed by atoms with Gasteiger partial charge in [0.1, 0.15) is 18.0 Å². The number of aromatic nitrogens is 5. The number of hydrogen-bond donors (Lipinski definition) is 3. The van der Waals surface area contributed by atoms with Gasteiger partial charge in [-0.2, -0.15) is 10.2 Å². The zero-order chi connectivity index (χ0) is 20.0. The monoisotopic (exact) mass is 397 g/mol. The fraction of sp³-hybridized carbons (Fsp3) is 0.474. The summed E-state index contributed by atoms with van der Waals surface area (Å²) in [6, 6.07) is 3.80. The Labute approximate surface area is 167 Å². The van der Waals surface area contributed by atoms with Gasteiger partial charge in [-0.15, -0.1) is 0 Å². The highest BCUT2D eigenvalue weighted by atomic mass is 16.6. The van der Waals surface area contributed by atoms with Gasteiger partial charge in [0.2, 0.25) is 0 Å². The number of H-pyrrole nitrogens is 1. The lowest BCUT2D eigenvalue weighted by atomic mass is 10.1. The molecule has 29 heavy (non-hydrogen) atoms. The normalized spacial score (nSPS) is 22.6. The first-order valence-corrected chi connectivity index (χ1v) is 9.68. The molecular weight excluding hydrogens is 374 g/mol. The number of amides is 1. The van der Waals surface area contributed by atoms with Gasteiger partial charge in [0.05, 0.1) is 24.0 Å². The first-order chi connectivity index (χ1) is 14.0. The molecule has 2 fully saturated rings. The van der Waals surface area contributed by atoms with Gasteiger partial charge in [-0.25, -0.2) is 9.78 Å². The maximum absolute atomic E-state index is 12.0. The molecule has 5 rings (SSSR count). The molecule has 3 aromatic heterocycles. The van der Waals surface area contributed by atoms with Crippen LogP contribution in [0.2, 0.25) is 0 Å². The van der Waals surface area contributed by atoms with Crippen molar-refractivity contribution < 1.29 is 14.3 Å². The lowest BCUT2D eigenvalue weighted by molar-refractivity contribution is 0.0675. The van der Waals surface area contributed by atoms with Gasteiger partial charge in [-0.05, 0) is 19.8 Å². The van der Waals surface area contributed by atoms with Gasteiger partial charge < -0.3 is 20.1 Å². The molecule has 2 aliphatic rings. The largest absolute Gasteiger partial charge is 0.444 e. The highest BCUT2D eigenvalue weighted by molar-refractivity contribution is 5.80. The summed E-state index contributed by atoms with van der Waals surface area (Å²) in [5.74, 6) is 1.32. The molecule has 3 aromatic rings. The van der Waals surface area contributed by atoms with Crippen LogP contribution in [0.5, 0.6) is 0 Å². The number of pyridine rings is 1. The Bertz CT molecular complexity index is 1060. The first kappa shape index (κ1) is 17.9. The van der Waals surface area contributed by atoms with Crippen LogP contribution in [0.3, 0.4) is 0 Å². The maximum atomic E-state index is 12.0. The molecule has 10 nitrogen and oxygen atoms in total. The fourth-order valence-electron chi connectivity index (χ4n) is 3.45. The summed E-state index contributed by atoms with van der Waals surface area (Å²) in [7, 11) is 1.89. The Balaban J connectivity index is 1.19. The van der Waals surface area contributed by atoms with Crippen LogP contribution in [0, 0.1) is 0 Å². The Morgan fingerprint density at radius 3 is 3.03 bits per heavy atom. The van der Waals surface area contributed by atoms with Crippen molar-refractivity contribution in [2.75, 3.05) is 11.9 Å². The molecule has 1 saturated heterocycles. The second-order valence-corrected chi connectivity index (χ2v) is 8.00. The molecule has 10 heteroatoms. The fourth-order valence-corrected chi connectivity index (χ4v) is 3.45. The smallest absolute Gasteiger partial charge is 0.407 e. The van der Waals surface area contributed by atoms with E-state index in [1.807, 2.05) is 26.1 Å². The zero-order valence-electron chi connectivity index (χ0n) is 16.3. The average Bonchev–Trinajstić information content (AvgIpc) is 3.10. The van der Waals surface area contributed by atoms with Crippen molar-refractivity contribution in [2.45, 2.75) is 43.9 Å². The van der Waals surface area contributed by atoms with Gasteiger partial charge in [0.15, 0.2) is 5.82 Å². The Kier molecular flexibility index (Phi) is 4.16. The molecule has 1 saturated carbocycles. The minimum atomic E-state index is -0.372. The summed E-state index contributed by atoms with van der Waals surface area (Å²) >= 11 is 0. The molecule has 0 bridgehead atoms. The molecule has 0 spiro atoms. The average molecular weight is 397 g/mol. The number of rotatable bonds is 5. The highest BCUT2D eigenvalue weighted by Crippen LogP contribution is 2.35. The molecule has 1 amide bonds. The molecule has 2 atom stereocenters. The lowest BCUT2D eigenvalue weighted by Gasteiger charge is -2.15. The number of carbonyl (C=O) groups excluding carboxylic acids is 1. The van der Waals surface area contributed by atoms with Gasteiger partial charge in [-0.3, -0.25) is 9.78 Å². The Morgan fingerprint density at radius 2 is 2.21 bits per heavy atom. The predicted molar refractivity (Wildman–Crippen MR) is 105 cm³/mol. The SMILES string of the molecule is Cn1ncc2cnc(Nc3cc(C4CC(OC(=O)NC5(C)CC5)CO4)[nH]n3)cc21. The number of fused-ring (bicyclic) bond motifs is 1. The lowest BCUT2D eigenvalue weighted by Crippen LogP contribution is -2.37. The summed E-state index contributed by atoms with van der Waals surface area (Å²) in [6.45, 7) is 2.39. The first-order valence-electron chi connectivity index (χ1n) is 9.68. The van der Waals surface area contributed by atoms with E-state index in [-0.39, 0.29) is 23.8 Å². The number of nitrogens with zero attached hydrogens (tertiary/aromatic N) is 4. The van der Waals surface area contributed by atoms with Gasteiger partial charge in [0, 0.05) is 42.7 Å². The van der Waals surface area contributed by atoms with Crippen molar-refractivity contribution in [1.29, 1.82) is 0 Å². The third-order valence-electron chi connectivity index (χ3n) is 5.47. The topological polar surface area (TPSA) is 119 Å². The number of alkyl carbamates (subject to hydrolysis) is 1. The number of anilines is 2. The van der Waals surface area contributed by atoms with Crippen LogP contribution in [0.4, 0.5) is 16.4 Å². The Morgan fingerprint density at radius 1 is 1.34 bits per heavy atom. The molecule has 0 aromatic carbocycles. The summed E-state index contributed by atoms with van der Waals surface area (Å²) in [5, 5.41) is 18.6. The second kappa shape index (κ2) is 6.73. The minimum Gasteiger partial charge on any atom is -0.444 e. The number of nitrogens with one attached hydrogen (secondary N) is 3. The number of carbonyl (C=O) groups is 1. The molecule has 1 aliphatic carbocycles. The van der Waals surface area contributed by atoms with Crippen LogP contribution in [-0.2, 0) is 16.5 Å². The molecule has 2 unspecified atom stereocenters. The van der Waals surface area contributed by atoms with Gasteiger partial charge >= 0.3 is 6.09 Å². The third-order valence-corrected chi connectivity index (χ3v) is 5.47. The highest BCUT2D eigenvalue weighted by Gasteiger charge is 2.40. The third kappa shape index (κ3) is 3.75. The number of aromatic amines is 1. The van der Waals surface area contributed by atoms with Crippen molar-refractivity contribution in [3.8, 4) is 0 Å². The van der Waals surface area contributed by atoms with Crippen LogP contribution >= 0.6 is 0 Å². The molecule has 152 valence electrons. The van der Waals surface area contributed by atoms with E-state index < -0.39 is 0 Å². The molecular formula is C19H23N7O3. The van der Waals surface area contributed by atoms with Crippen molar-refractivity contribution in [3.05, 3.63) is 30.2 Å². The van der Waals surface area contributed by atoms with Crippen LogP contribution in [-0.4, -0.2) is 49.3 Å². The van der Waals surface area contributed by atoms with Crippen molar-refractivity contribution >= 4 is 28.6 Å². The molecule has 0 radical (unpaired) electrons. The van der Waals surface area contributed by atoms with E-state index in [0.717, 1.165) is 29.4 Å². The van der Waals surface area contributed by atoms with Gasteiger partial charge in [0.25, 0.3) is 0 Å². The van der Waals surface area contributed by atoms with E-state index in [9.17, 15) is 4.79 Å². The number of aryl methyl sites for hydroxylation is 1. The zero-order valence-corrected chi connectivity index (χ0v) is 16.3. The van der Waals surface area contributed by atoms with Crippen LogP contribution in [0.25, 0.3) is 10.9 Å². The second-order valence-electron chi connectivity index (χ2n) is 8.00. The summed E-state index contributed by atoms with van der Waals surface area (Å²) < 4.78 is 13.1. The van der Waals surface area contributed by atoms with Crippen LogP contribution < -0.4 is 10.6 Å². The maximum Gasteiger partial charge on any atom is 0.407 e. The number of hydrogen-bond acceptors (Lipinski definition) is 7. The minimum absolute atomic E-state index is 0.0909. The van der Waals surface area contributed by atoms with Crippen molar-refractivity contribution in [3.63, 3.8) is 0 Å². The van der Waals surface area contributed by atoms with E-state index in [0.29, 0.717) is 24.7 Å².